The topological polar surface area (TPSA) is 69.6 Å². The second kappa shape index (κ2) is 9.30. The van der Waals surface area contributed by atoms with E-state index in [1.807, 2.05) is 30.3 Å². The van der Waals surface area contributed by atoms with E-state index < -0.39 is 5.97 Å². The van der Waals surface area contributed by atoms with Crippen LogP contribution in [0, 0.1) is 0 Å². The molecule has 0 saturated carbocycles. The predicted octanol–water partition coefficient (Wildman–Crippen LogP) is 4.03. The molecular weight excluding hydrogens is 326 g/mol. The summed E-state index contributed by atoms with van der Waals surface area (Å²) < 4.78 is 0. The van der Waals surface area contributed by atoms with Crippen LogP contribution in [0.2, 0.25) is 0 Å². The summed E-state index contributed by atoms with van der Waals surface area (Å²) in [5.41, 5.74) is 1.91. The van der Waals surface area contributed by atoms with E-state index in [9.17, 15) is 15.0 Å². The minimum atomic E-state index is -0.988. The number of halogens is 1. The van der Waals surface area contributed by atoms with Crippen molar-refractivity contribution in [1.82, 2.24) is 5.32 Å². The third-order valence-electron chi connectivity index (χ3n) is 3.84. The van der Waals surface area contributed by atoms with Gasteiger partial charge in [-0.05, 0) is 36.7 Å². The van der Waals surface area contributed by atoms with Crippen molar-refractivity contribution in [3.63, 3.8) is 0 Å². The number of carboxylic acid groups (broad SMARTS) is 1. The molecule has 0 amide bonds. The highest BCUT2D eigenvalue weighted by atomic mass is 35.5. The molecule has 0 aliphatic rings. The summed E-state index contributed by atoms with van der Waals surface area (Å²) in [6, 6.07) is 14.7. The van der Waals surface area contributed by atoms with E-state index in [0.29, 0.717) is 11.6 Å². The molecule has 0 aromatic heterocycles. The van der Waals surface area contributed by atoms with Crippen LogP contribution in [0.3, 0.4) is 0 Å². The first kappa shape index (κ1) is 20.0. The Hall–Kier alpha value is -2.04. The fourth-order valence-corrected chi connectivity index (χ4v) is 2.67. The molecule has 0 saturated heterocycles. The Morgan fingerprint density at radius 2 is 1.79 bits per heavy atom. The van der Waals surface area contributed by atoms with E-state index in [4.69, 9.17) is 0 Å². The van der Waals surface area contributed by atoms with Gasteiger partial charge in [0.2, 0.25) is 0 Å². The molecule has 0 heterocycles. The van der Waals surface area contributed by atoms with E-state index in [1.165, 1.54) is 12.1 Å². The maximum atomic E-state index is 11.2. The molecule has 0 aliphatic carbocycles. The summed E-state index contributed by atoms with van der Waals surface area (Å²) in [4.78, 5) is 11.2. The standard InChI is InChI=1S/C19H23NO3.ClH/c1-13(2)20-11-10-16(14-6-4-3-5-7-14)17-12-15(19(22)23)8-9-18(17)21;/h3-9,12-13,16,20-21H,10-11H2,1-2H3,(H,22,23);1H. The van der Waals surface area contributed by atoms with Crippen molar-refractivity contribution in [2.75, 3.05) is 6.54 Å². The van der Waals surface area contributed by atoms with Gasteiger partial charge in [-0.25, -0.2) is 4.79 Å². The Labute approximate surface area is 148 Å². The summed E-state index contributed by atoms with van der Waals surface area (Å²) >= 11 is 0. The van der Waals surface area contributed by atoms with Gasteiger partial charge >= 0.3 is 5.97 Å². The summed E-state index contributed by atoms with van der Waals surface area (Å²) in [6.07, 6.45) is 0.777. The minimum absolute atomic E-state index is 0. The summed E-state index contributed by atoms with van der Waals surface area (Å²) in [7, 11) is 0. The van der Waals surface area contributed by atoms with Crippen LogP contribution in [-0.4, -0.2) is 28.8 Å². The Morgan fingerprint density at radius 1 is 1.12 bits per heavy atom. The lowest BCUT2D eigenvalue weighted by Crippen LogP contribution is -2.25. The number of phenolic OH excluding ortho intramolecular Hbond substituents is 1. The Morgan fingerprint density at radius 3 is 2.38 bits per heavy atom. The zero-order valence-electron chi connectivity index (χ0n) is 13.9. The number of benzene rings is 2. The van der Waals surface area contributed by atoms with E-state index in [0.717, 1.165) is 18.5 Å². The van der Waals surface area contributed by atoms with Gasteiger partial charge in [0.15, 0.2) is 0 Å². The maximum Gasteiger partial charge on any atom is 0.335 e. The highest BCUT2D eigenvalue weighted by Gasteiger charge is 2.19. The zero-order valence-corrected chi connectivity index (χ0v) is 14.7. The van der Waals surface area contributed by atoms with Gasteiger partial charge in [0.25, 0.3) is 0 Å². The van der Waals surface area contributed by atoms with Gasteiger partial charge in [-0.1, -0.05) is 44.2 Å². The SMILES string of the molecule is CC(C)NCCC(c1ccccc1)c1cc(C(=O)O)ccc1O.Cl. The van der Waals surface area contributed by atoms with E-state index in [1.54, 1.807) is 6.07 Å². The third-order valence-corrected chi connectivity index (χ3v) is 3.84. The lowest BCUT2D eigenvalue weighted by molar-refractivity contribution is 0.0696. The van der Waals surface area contributed by atoms with E-state index in [-0.39, 0.29) is 29.6 Å². The smallest absolute Gasteiger partial charge is 0.335 e. The number of phenols is 1. The molecule has 0 aliphatic heterocycles. The van der Waals surface area contributed by atoms with Crippen LogP contribution in [0.4, 0.5) is 0 Å². The number of aromatic hydroxyl groups is 1. The largest absolute Gasteiger partial charge is 0.508 e. The monoisotopic (exact) mass is 349 g/mol. The first-order valence-corrected chi connectivity index (χ1v) is 7.83. The number of hydrogen-bond acceptors (Lipinski definition) is 3. The number of aromatic carboxylic acids is 1. The number of nitrogens with one attached hydrogen (secondary N) is 1. The molecule has 4 nitrogen and oxygen atoms in total. The molecule has 130 valence electrons. The Balaban J connectivity index is 0.00000288. The molecule has 1 unspecified atom stereocenters. The van der Waals surface area contributed by atoms with Crippen molar-refractivity contribution in [3.05, 3.63) is 65.2 Å². The van der Waals surface area contributed by atoms with Crippen LogP contribution in [0.1, 0.15) is 47.7 Å². The second-order valence-electron chi connectivity index (χ2n) is 5.94. The number of rotatable bonds is 7. The van der Waals surface area contributed by atoms with Gasteiger partial charge in [-0.3, -0.25) is 0 Å². The average Bonchev–Trinajstić information content (AvgIpc) is 2.53. The minimum Gasteiger partial charge on any atom is -0.508 e. The molecule has 0 radical (unpaired) electrons. The first-order valence-electron chi connectivity index (χ1n) is 7.83. The normalized spacial score (nSPS) is 11.8. The number of carbonyl (C=O) groups is 1. The molecule has 24 heavy (non-hydrogen) atoms. The second-order valence-corrected chi connectivity index (χ2v) is 5.94. The van der Waals surface area contributed by atoms with Gasteiger partial charge in [-0.2, -0.15) is 0 Å². The highest BCUT2D eigenvalue weighted by Crippen LogP contribution is 2.34. The summed E-state index contributed by atoms with van der Waals surface area (Å²) in [6.45, 7) is 4.95. The van der Waals surface area contributed by atoms with E-state index in [2.05, 4.69) is 19.2 Å². The molecule has 1 atom stereocenters. The van der Waals surface area contributed by atoms with Gasteiger partial charge in [0, 0.05) is 17.5 Å². The molecule has 0 spiro atoms. The van der Waals surface area contributed by atoms with Gasteiger partial charge in [-0.15, -0.1) is 12.4 Å². The van der Waals surface area contributed by atoms with Gasteiger partial charge < -0.3 is 15.5 Å². The Bertz CT molecular complexity index is 659. The molecule has 2 rings (SSSR count). The molecule has 3 N–H and O–H groups in total. The van der Waals surface area contributed by atoms with Crippen LogP contribution in [0.25, 0.3) is 0 Å². The van der Waals surface area contributed by atoms with Crippen LogP contribution in [0.5, 0.6) is 5.75 Å². The van der Waals surface area contributed by atoms with Crippen LogP contribution in [0.15, 0.2) is 48.5 Å². The zero-order chi connectivity index (χ0) is 16.8. The summed E-state index contributed by atoms with van der Waals surface area (Å²) in [5.74, 6) is -0.909. The predicted molar refractivity (Wildman–Crippen MR) is 98.4 cm³/mol. The van der Waals surface area contributed by atoms with Crippen LogP contribution in [-0.2, 0) is 0 Å². The third kappa shape index (κ3) is 5.25. The molecule has 0 fully saturated rings. The fraction of sp³-hybridized carbons (Fsp3) is 0.316. The number of carboxylic acids is 1. The number of hydrogen-bond donors (Lipinski definition) is 3. The van der Waals surface area contributed by atoms with Crippen molar-refractivity contribution < 1.29 is 15.0 Å². The molecule has 5 heteroatoms. The van der Waals surface area contributed by atoms with Crippen molar-refractivity contribution in [3.8, 4) is 5.75 Å². The molecule has 0 bridgehead atoms. The molecular formula is C19H24ClNO3. The van der Waals surface area contributed by atoms with Crippen LogP contribution >= 0.6 is 12.4 Å². The Kier molecular flexibility index (Phi) is 7.75. The van der Waals surface area contributed by atoms with E-state index >= 15 is 0 Å². The highest BCUT2D eigenvalue weighted by molar-refractivity contribution is 5.88. The van der Waals surface area contributed by atoms with Crippen molar-refractivity contribution in [1.29, 1.82) is 0 Å². The summed E-state index contributed by atoms with van der Waals surface area (Å²) in [5, 5.41) is 22.8. The van der Waals surface area contributed by atoms with Crippen molar-refractivity contribution in [2.45, 2.75) is 32.2 Å². The quantitative estimate of drug-likeness (QED) is 0.705. The van der Waals surface area contributed by atoms with Crippen molar-refractivity contribution in [2.24, 2.45) is 0 Å². The molecule has 2 aromatic rings. The van der Waals surface area contributed by atoms with Crippen molar-refractivity contribution >= 4 is 18.4 Å². The maximum absolute atomic E-state index is 11.2. The van der Waals surface area contributed by atoms with Crippen LogP contribution < -0.4 is 5.32 Å². The van der Waals surface area contributed by atoms with Gasteiger partial charge in [0.05, 0.1) is 5.56 Å². The lowest BCUT2D eigenvalue weighted by atomic mass is 9.87. The average molecular weight is 350 g/mol. The molecule has 2 aromatic carbocycles. The van der Waals surface area contributed by atoms with Gasteiger partial charge in [0.1, 0.15) is 5.75 Å². The lowest BCUT2D eigenvalue weighted by Gasteiger charge is -2.20. The first-order chi connectivity index (χ1) is 11.0. The fourth-order valence-electron chi connectivity index (χ4n) is 2.67.